The van der Waals surface area contributed by atoms with Crippen molar-refractivity contribution in [1.82, 2.24) is 10.2 Å². The van der Waals surface area contributed by atoms with Crippen LogP contribution >= 0.6 is 23.7 Å². The molecule has 0 radical (unpaired) electrons. The summed E-state index contributed by atoms with van der Waals surface area (Å²) < 4.78 is 5.45. The van der Waals surface area contributed by atoms with Crippen LogP contribution in [0.4, 0.5) is 0 Å². The molecule has 1 fully saturated rings. The van der Waals surface area contributed by atoms with E-state index in [0.29, 0.717) is 25.6 Å². The minimum Gasteiger partial charge on any atom is -0.496 e. The third-order valence-corrected chi connectivity index (χ3v) is 5.28. The van der Waals surface area contributed by atoms with Gasteiger partial charge in [0.05, 0.1) is 13.7 Å². The first-order valence-electron chi connectivity index (χ1n) is 8.41. The van der Waals surface area contributed by atoms with Gasteiger partial charge in [0, 0.05) is 29.4 Å². The molecule has 136 valence electrons. The van der Waals surface area contributed by atoms with E-state index in [1.54, 1.807) is 18.4 Å². The lowest BCUT2D eigenvalue weighted by Crippen LogP contribution is -2.35. The van der Waals surface area contributed by atoms with Gasteiger partial charge in [-0.3, -0.25) is 4.79 Å². The summed E-state index contributed by atoms with van der Waals surface area (Å²) in [5, 5.41) is 5.47. The summed E-state index contributed by atoms with van der Waals surface area (Å²) >= 11 is 1.69. The normalized spacial score (nSPS) is 16.3. The maximum atomic E-state index is 12.9. The van der Waals surface area contributed by atoms with E-state index in [4.69, 9.17) is 4.74 Å². The van der Waals surface area contributed by atoms with Crippen molar-refractivity contribution in [2.75, 3.05) is 13.7 Å². The van der Waals surface area contributed by atoms with Gasteiger partial charge < -0.3 is 15.0 Å². The van der Waals surface area contributed by atoms with Crippen molar-refractivity contribution < 1.29 is 9.53 Å². The topological polar surface area (TPSA) is 41.6 Å². The van der Waals surface area contributed by atoms with Crippen LogP contribution in [-0.2, 0) is 17.9 Å². The van der Waals surface area contributed by atoms with Gasteiger partial charge in [0.25, 0.3) is 0 Å². The molecule has 1 aliphatic heterocycles. The molecule has 1 aromatic carbocycles. The van der Waals surface area contributed by atoms with Crippen molar-refractivity contribution in [3.05, 3.63) is 52.2 Å². The van der Waals surface area contributed by atoms with E-state index in [1.165, 1.54) is 4.88 Å². The average molecular weight is 381 g/mol. The van der Waals surface area contributed by atoms with Crippen molar-refractivity contribution in [1.29, 1.82) is 0 Å². The first-order valence-corrected chi connectivity index (χ1v) is 9.29. The molecule has 0 aliphatic carbocycles. The number of hydrogen-bond acceptors (Lipinski definition) is 4. The van der Waals surface area contributed by atoms with Crippen LogP contribution in [0, 0.1) is 0 Å². The van der Waals surface area contributed by atoms with Crippen LogP contribution in [0.2, 0.25) is 0 Å². The van der Waals surface area contributed by atoms with E-state index >= 15 is 0 Å². The van der Waals surface area contributed by atoms with E-state index in [0.717, 1.165) is 30.7 Å². The molecule has 0 spiro atoms. The van der Waals surface area contributed by atoms with Gasteiger partial charge in [-0.1, -0.05) is 24.3 Å². The first-order chi connectivity index (χ1) is 11.8. The summed E-state index contributed by atoms with van der Waals surface area (Å²) in [6.07, 6.45) is 2.82. The predicted octanol–water partition coefficient (Wildman–Crippen LogP) is 3.85. The third kappa shape index (κ3) is 5.46. The number of nitrogens with one attached hydrogen (secondary N) is 1. The van der Waals surface area contributed by atoms with Gasteiger partial charge in [-0.05, 0) is 36.9 Å². The number of carbonyl (C=O) groups is 1. The second kappa shape index (κ2) is 9.80. The highest BCUT2D eigenvalue weighted by Crippen LogP contribution is 2.22. The molecule has 2 aromatic rings. The Hall–Kier alpha value is -1.56. The van der Waals surface area contributed by atoms with Crippen LogP contribution in [0.15, 0.2) is 41.8 Å². The number of thiophene rings is 1. The number of benzene rings is 1. The van der Waals surface area contributed by atoms with E-state index in [1.807, 2.05) is 35.2 Å². The minimum absolute atomic E-state index is 0. The van der Waals surface area contributed by atoms with E-state index in [9.17, 15) is 4.79 Å². The Morgan fingerprint density at radius 3 is 2.80 bits per heavy atom. The molecule has 1 aromatic heterocycles. The Morgan fingerprint density at radius 1 is 1.28 bits per heavy atom. The monoisotopic (exact) mass is 380 g/mol. The second-order valence-electron chi connectivity index (χ2n) is 6.14. The molecule has 1 aliphatic rings. The molecule has 1 saturated heterocycles. The van der Waals surface area contributed by atoms with Gasteiger partial charge in [-0.2, -0.15) is 0 Å². The van der Waals surface area contributed by atoms with E-state index in [-0.39, 0.29) is 18.3 Å². The van der Waals surface area contributed by atoms with E-state index in [2.05, 4.69) is 16.8 Å². The maximum Gasteiger partial charge on any atom is 0.224 e. The fourth-order valence-corrected chi connectivity index (χ4v) is 3.85. The van der Waals surface area contributed by atoms with Crippen LogP contribution in [0.25, 0.3) is 0 Å². The zero-order valence-electron chi connectivity index (χ0n) is 14.4. The number of halogens is 1. The largest absolute Gasteiger partial charge is 0.496 e. The summed E-state index contributed by atoms with van der Waals surface area (Å²) in [4.78, 5) is 16.0. The maximum absolute atomic E-state index is 12.9. The molecule has 4 nitrogen and oxygen atoms in total. The Bertz CT molecular complexity index is 657. The van der Waals surface area contributed by atoms with Crippen LogP contribution in [-0.4, -0.2) is 30.5 Å². The van der Waals surface area contributed by atoms with Gasteiger partial charge in [0.2, 0.25) is 5.91 Å². The van der Waals surface area contributed by atoms with E-state index < -0.39 is 0 Å². The predicted molar refractivity (Wildman–Crippen MR) is 104 cm³/mol. The number of hydrogen-bond donors (Lipinski definition) is 1. The summed E-state index contributed by atoms with van der Waals surface area (Å²) in [6, 6.07) is 12.4. The Morgan fingerprint density at radius 2 is 2.12 bits per heavy atom. The smallest absolute Gasteiger partial charge is 0.224 e. The zero-order chi connectivity index (χ0) is 16.8. The Labute approximate surface area is 159 Å². The number of amides is 1. The molecule has 6 heteroatoms. The number of rotatable bonds is 7. The van der Waals surface area contributed by atoms with Gasteiger partial charge in [0.1, 0.15) is 5.75 Å². The number of para-hydroxylation sites is 1. The number of methoxy groups -OCH3 is 1. The van der Waals surface area contributed by atoms with Crippen molar-refractivity contribution in [2.45, 2.75) is 38.4 Å². The molecule has 0 bridgehead atoms. The number of nitrogens with zero attached hydrogens (tertiary/aromatic N) is 1. The SMILES string of the molecule is COc1ccccc1CN(Cc1cccs1)C(=O)CC1CCCN1.Cl. The van der Waals surface area contributed by atoms with Crippen molar-refractivity contribution in [3.63, 3.8) is 0 Å². The summed E-state index contributed by atoms with van der Waals surface area (Å²) in [6.45, 7) is 2.25. The highest BCUT2D eigenvalue weighted by Gasteiger charge is 2.23. The molecular weight excluding hydrogens is 356 g/mol. The van der Waals surface area contributed by atoms with Gasteiger partial charge in [0.15, 0.2) is 0 Å². The fraction of sp³-hybridized carbons (Fsp3) is 0.421. The van der Waals surface area contributed by atoms with Crippen LogP contribution in [0.5, 0.6) is 5.75 Å². The fourth-order valence-electron chi connectivity index (χ4n) is 3.13. The lowest BCUT2D eigenvalue weighted by molar-refractivity contribution is -0.132. The quantitative estimate of drug-likeness (QED) is 0.793. The highest BCUT2D eigenvalue weighted by molar-refractivity contribution is 7.09. The second-order valence-corrected chi connectivity index (χ2v) is 7.17. The number of carbonyl (C=O) groups excluding carboxylic acids is 1. The zero-order valence-corrected chi connectivity index (χ0v) is 16.1. The lowest BCUT2D eigenvalue weighted by atomic mass is 10.1. The average Bonchev–Trinajstić information content (AvgIpc) is 3.28. The molecule has 2 heterocycles. The molecule has 1 unspecified atom stereocenters. The van der Waals surface area contributed by atoms with Gasteiger partial charge in [-0.25, -0.2) is 0 Å². The Kier molecular flexibility index (Phi) is 7.75. The lowest BCUT2D eigenvalue weighted by Gasteiger charge is -2.25. The van der Waals surface area contributed by atoms with Crippen LogP contribution in [0.3, 0.4) is 0 Å². The summed E-state index contributed by atoms with van der Waals surface area (Å²) in [5.41, 5.74) is 1.05. The molecule has 25 heavy (non-hydrogen) atoms. The summed E-state index contributed by atoms with van der Waals surface area (Å²) in [7, 11) is 1.67. The minimum atomic E-state index is 0. The molecule has 1 N–H and O–H groups in total. The van der Waals surface area contributed by atoms with Gasteiger partial charge >= 0.3 is 0 Å². The number of ether oxygens (including phenoxy) is 1. The first kappa shape index (κ1) is 19.8. The Balaban J connectivity index is 0.00000225. The van der Waals surface area contributed by atoms with Crippen molar-refractivity contribution in [3.8, 4) is 5.75 Å². The molecular formula is C19H25ClN2O2S. The van der Waals surface area contributed by atoms with Crippen LogP contribution in [0.1, 0.15) is 29.7 Å². The molecule has 1 atom stereocenters. The standard InChI is InChI=1S/C19H24N2O2S.ClH/c1-23-18-9-3-2-6-15(18)13-21(14-17-8-5-11-24-17)19(22)12-16-7-4-10-20-16;/h2-3,5-6,8-9,11,16,20H,4,7,10,12-14H2,1H3;1H. The summed E-state index contributed by atoms with van der Waals surface area (Å²) in [5.74, 6) is 1.04. The third-order valence-electron chi connectivity index (χ3n) is 4.42. The van der Waals surface area contributed by atoms with Gasteiger partial charge in [-0.15, -0.1) is 23.7 Å². The molecule has 1 amide bonds. The van der Waals surface area contributed by atoms with Crippen molar-refractivity contribution >= 4 is 29.7 Å². The van der Waals surface area contributed by atoms with Crippen LogP contribution < -0.4 is 10.1 Å². The molecule has 0 saturated carbocycles. The highest BCUT2D eigenvalue weighted by atomic mass is 35.5. The van der Waals surface area contributed by atoms with Crippen molar-refractivity contribution in [2.24, 2.45) is 0 Å². The molecule has 3 rings (SSSR count).